The summed E-state index contributed by atoms with van der Waals surface area (Å²) in [5.74, 6) is -3.13. The molecule has 0 amide bonds. The lowest BCUT2D eigenvalue weighted by Gasteiger charge is -2.21. The lowest BCUT2D eigenvalue weighted by molar-refractivity contribution is -0.155. The molecule has 0 aliphatic carbocycles. The third-order valence-corrected chi connectivity index (χ3v) is 4.31. The first-order valence-electron chi connectivity index (χ1n) is 6.22. The Morgan fingerprint density at radius 2 is 1.90 bits per heavy atom. The van der Waals surface area contributed by atoms with E-state index in [0.717, 1.165) is 0 Å². The quantitative estimate of drug-likeness (QED) is 0.588. The fourth-order valence-corrected chi connectivity index (χ4v) is 2.89. The summed E-state index contributed by atoms with van der Waals surface area (Å²) in [6, 6.07) is 5.88. The van der Waals surface area contributed by atoms with E-state index >= 15 is 0 Å². The van der Waals surface area contributed by atoms with Crippen LogP contribution in [-0.4, -0.2) is 31.0 Å². The van der Waals surface area contributed by atoms with Crippen LogP contribution in [0.25, 0.3) is 0 Å². The Hall–Kier alpha value is -1.93. The molecule has 0 bridgehead atoms. The van der Waals surface area contributed by atoms with Crippen molar-refractivity contribution in [1.82, 2.24) is 0 Å². The van der Waals surface area contributed by atoms with Crippen LogP contribution < -0.4 is 5.73 Å². The van der Waals surface area contributed by atoms with Gasteiger partial charge in [0.15, 0.2) is 0 Å². The lowest BCUT2D eigenvalue weighted by atomic mass is 9.96. The molecule has 0 aromatic heterocycles. The van der Waals surface area contributed by atoms with E-state index in [-0.39, 0.29) is 17.7 Å². The van der Waals surface area contributed by atoms with E-state index < -0.39 is 27.6 Å². The van der Waals surface area contributed by atoms with Crippen molar-refractivity contribution < 1.29 is 27.3 Å². The van der Waals surface area contributed by atoms with Crippen LogP contribution in [0.15, 0.2) is 29.2 Å². The molecular formula is C13H17NO6S. The molecule has 1 aromatic carbocycles. The molecule has 1 atom stereocenters. The van der Waals surface area contributed by atoms with Gasteiger partial charge in [-0.1, -0.05) is 31.5 Å². The maximum atomic E-state index is 12.0. The molecule has 21 heavy (non-hydrogen) atoms. The third-order valence-electron chi connectivity index (χ3n) is 2.94. The molecule has 7 nitrogen and oxygen atoms in total. The van der Waals surface area contributed by atoms with Crippen molar-refractivity contribution in [3.8, 4) is 0 Å². The zero-order chi connectivity index (χ0) is 16.3. The molecule has 0 spiro atoms. The van der Waals surface area contributed by atoms with Crippen molar-refractivity contribution in [3.05, 3.63) is 29.8 Å². The number of carboxylic acids is 1. The molecule has 3 N–H and O–H groups in total. The van der Waals surface area contributed by atoms with Crippen LogP contribution >= 0.6 is 0 Å². The summed E-state index contributed by atoms with van der Waals surface area (Å²) in [6.45, 7) is 3.15. The molecule has 1 rings (SSSR count). The molecular weight excluding hydrogens is 298 g/mol. The van der Waals surface area contributed by atoms with Crippen LogP contribution in [0.2, 0.25) is 0 Å². The Kier molecular flexibility index (Phi) is 5.08. The molecule has 0 heterocycles. The molecule has 0 aliphatic rings. The van der Waals surface area contributed by atoms with E-state index in [1.165, 1.54) is 25.1 Å². The summed E-state index contributed by atoms with van der Waals surface area (Å²) in [5, 5.41) is 9.04. The topological polar surface area (TPSA) is 124 Å². The molecule has 0 saturated heterocycles. The summed E-state index contributed by atoms with van der Waals surface area (Å²) < 4.78 is 28.5. The van der Waals surface area contributed by atoms with Gasteiger partial charge in [0, 0.05) is 0 Å². The van der Waals surface area contributed by atoms with Gasteiger partial charge in [0.2, 0.25) is 5.54 Å². The van der Waals surface area contributed by atoms with Crippen LogP contribution in [0.1, 0.15) is 25.3 Å². The fraction of sp³-hybridized carbons (Fsp3) is 0.385. The van der Waals surface area contributed by atoms with Gasteiger partial charge >= 0.3 is 22.1 Å². The number of carbonyl (C=O) groups is 2. The van der Waals surface area contributed by atoms with Crippen LogP contribution in [0.5, 0.6) is 0 Å². The minimum absolute atomic E-state index is 0.206. The molecule has 0 fully saturated rings. The first-order valence-corrected chi connectivity index (χ1v) is 7.63. The number of aliphatic carboxylic acids is 1. The fourth-order valence-electron chi connectivity index (χ4n) is 1.75. The summed E-state index contributed by atoms with van der Waals surface area (Å²) in [7, 11) is -4.42. The Bertz CT molecular complexity index is 654. The highest BCUT2D eigenvalue weighted by molar-refractivity contribution is 7.87. The predicted molar refractivity (Wildman–Crippen MR) is 73.9 cm³/mol. The van der Waals surface area contributed by atoms with Gasteiger partial charge in [0.05, 0.1) is 0 Å². The van der Waals surface area contributed by atoms with Gasteiger partial charge in [-0.3, -0.25) is 0 Å². The second kappa shape index (κ2) is 6.23. The van der Waals surface area contributed by atoms with Gasteiger partial charge in [0.25, 0.3) is 0 Å². The molecule has 0 radical (unpaired) electrons. The SMILES string of the molecule is CCCC(N)(C(=O)O)C(=O)OS(=O)(=O)c1ccccc1C. The predicted octanol–water partition coefficient (Wildman–Crippen LogP) is 0.809. The van der Waals surface area contributed by atoms with E-state index in [2.05, 4.69) is 4.18 Å². The van der Waals surface area contributed by atoms with Gasteiger partial charge in [-0.05, 0) is 25.0 Å². The van der Waals surface area contributed by atoms with Gasteiger partial charge in [-0.2, -0.15) is 8.42 Å². The van der Waals surface area contributed by atoms with Crippen molar-refractivity contribution in [2.24, 2.45) is 5.73 Å². The highest BCUT2D eigenvalue weighted by Gasteiger charge is 2.45. The standard InChI is InChI=1S/C13H17NO6S/c1-3-8-13(14,11(15)16)12(17)20-21(18,19)10-7-5-4-6-9(10)2/h4-7H,3,8,14H2,1-2H3,(H,15,16). The monoisotopic (exact) mass is 315 g/mol. The summed E-state index contributed by atoms with van der Waals surface area (Å²) in [5.41, 5.74) is 3.47. The van der Waals surface area contributed by atoms with Crippen LogP contribution in [0.3, 0.4) is 0 Å². The molecule has 8 heteroatoms. The van der Waals surface area contributed by atoms with Crippen LogP contribution in [0, 0.1) is 6.92 Å². The average molecular weight is 315 g/mol. The average Bonchev–Trinajstić information content (AvgIpc) is 2.38. The van der Waals surface area contributed by atoms with Crippen molar-refractivity contribution in [1.29, 1.82) is 0 Å². The number of aryl methyl sites for hydroxylation is 1. The Balaban J connectivity index is 3.12. The molecule has 0 saturated carbocycles. The normalized spacial score (nSPS) is 14.2. The summed E-state index contributed by atoms with van der Waals surface area (Å²) >= 11 is 0. The van der Waals surface area contributed by atoms with E-state index in [1.54, 1.807) is 13.0 Å². The second-order valence-electron chi connectivity index (χ2n) is 4.62. The minimum atomic E-state index is -4.42. The van der Waals surface area contributed by atoms with Gasteiger partial charge in [0.1, 0.15) is 4.90 Å². The number of carbonyl (C=O) groups excluding carboxylic acids is 1. The van der Waals surface area contributed by atoms with E-state index in [0.29, 0.717) is 5.56 Å². The lowest BCUT2D eigenvalue weighted by Crippen LogP contribution is -2.56. The van der Waals surface area contributed by atoms with Crippen molar-refractivity contribution >= 4 is 22.1 Å². The molecule has 1 aromatic rings. The number of rotatable bonds is 6. The van der Waals surface area contributed by atoms with Gasteiger partial charge in [-0.25, -0.2) is 9.59 Å². The highest BCUT2D eigenvalue weighted by atomic mass is 32.2. The van der Waals surface area contributed by atoms with E-state index in [1.807, 2.05) is 0 Å². The number of carboxylic acid groups (broad SMARTS) is 1. The highest BCUT2D eigenvalue weighted by Crippen LogP contribution is 2.20. The molecule has 1 unspecified atom stereocenters. The van der Waals surface area contributed by atoms with E-state index in [9.17, 15) is 18.0 Å². The van der Waals surface area contributed by atoms with Crippen LogP contribution in [0.4, 0.5) is 0 Å². The zero-order valence-corrected chi connectivity index (χ0v) is 12.5. The first-order chi connectivity index (χ1) is 9.65. The Morgan fingerprint density at radius 1 is 1.33 bits per heavy atom. The maximum Gasteiger partial charge on any atom is 0.353 e. The van der Waals surface area contributed by atoms with E-state index in [4.69, 9.17) is 10.8 Å². The van der Waals surface area contributed by atoms with Crippen LogP contribution in [-0.2, 0) is 23.9 Å². The minimum Gasteiger partial charge on any atom is -0.479 e. The number of nitrogens with two attached hydrogens (primary N) is 1. The maximum absolute atomic E-state index is 12.0. The zero-order valence-electron chi connectivity index (χ0n) is 11.7. The second-order valence-corrected chi connectivity index (χ2v) is 6.13. The number of benzene rings is 1. The summed E-state index contributed by atoms with van der Waals surface area (Å²) in [6.07, 6.45) is 0.0484. The Morgan fingerprint density at radius 3 is 2.38 bits per heavy atom. The Labute approximate surface area is 122 Å². The third kappa shape index (κ3) is 3.59. The molecule has 0 aliphatic heterocycles. The van der Waals surface area contributed by atoms with Crippen molar-refractivity contribution in [3.63, 3.8) is 0 Å². The summed E-state index contributed by atoms with van der Waals surface area (Å²) in [4.78, 5) is 22.8. The number of hydrogen-bond acceptors (Lipinski definition) is 6. The number of hydrogen-bond donors (Lipinski definition) is 2. The first kappa shape index (κ1) is 17.1. The largest absolute Gasteiger partial charge is 0.479 e. The smallest absolute Gasteiger partial charge is 0.353 e. The van der Waals surface area contributed by atoms with Crippen molar-refractivity contribution in [2.45, 2.75) is 37.1 Å². The molecule has 116 valence electrons. The van der Waals surface area contributed by atoms with Gasteiger partial charge in [-0.15, -0.1) is 0 Å². The van der Waals surface area contributed by atoms with Crippen molar-refractivity contribution in [2.75, 3.05) is 0 Å². The van der Waals surface area contributed by atoms with Gasteiger partial charge < -0.3 is 15.0 Å².